The Morgan fingerprint density at radius 2 is 2.06 bits per heavy atom. The number of amides is 1. The molecule has 1 aromatic carbocycles. The van der Waals surface area contributed by atoms with Crippen molar-refractivity contribution in [3.05, 3.63) is 29.8 Å². The predicted octanol–water partition coefficient (Wildman–Crippen LogP) is 2.63. The van der Waals surface area contributed by atoms with Crippen LogP contribution in [0.5, 0.6) is 5.75 Å². The van der Waals surface area contributed by atoms with Crippen LogP contribution in [-0.2, 0) is 11.2 Å². The van der Waals surface area contributed by atoms with Crippen LogP contribution < -0.4 is 5.32 Å². The second-order valence-electron chi connectivity index (χ2n) is 5.37. The van der Waals surface area contributed by atoms with Crippen LogP contribution in [-0.4, -0.2) is 17.1 Å². The zero-order valence-corrected chi connectivity index (χ0v) is 10.9. The Kier molecular flexibility index (Phi) is 4.24. The molecule has 0 aliphatic heterocycles. The summed E-state index contributed by atoms with van der Waals surface area (Å²) in [5.41, 5.74) is 0.858. The Morgan fingerprint density at radius 1 is 1.33 bits per heavy atom. The summed E-state index contributed by atoms with van der Waals surface area (Å²) >= 11 is 0. The highest BCUT2D eigenvalue weighted by atomic mass is 16.3. The SMILES string of the molecule is CC1CCC(NC(=O)Cc2cccc(O)c2)CC1. The van der Waals surface area contributed by atoms with E-state index in [2.05, 4.69) is 12.2 Å². The van der Waals surface area contributed by atoms with Crippen molar-refractivity contribution in [2.45, 2.75) is 45.1 Å². The number of phenols is 1. The summed E-state index contributed by atoms with van der Waals surface area (Å²) in [5.74, 6) is 1.07. The zero-order chi connectivity index (χ0) is 13.0. The van der Waals surface area contributed by atoms with E-state index in [1.54, 1.807) is 18.2 Å². The van der Waals surface area contributed by atoms with E-state index in [9.17, 15) is 9.90 Å². The third kappa shape index (κ3) is 3.76. The number of nitrogens with one attached hydrogen (secondary N) is 1. The van der Waals surface area contributed by atoms with Crippen molar-refractivity contribution in [1.82, 2.24) is 5.32 Å². The summed E-state index contributed by atoms with van der Waals surface area (Å²) < 4.78 is 0. The number of hydrogen-bond acceptors (Lipinski definition) is 2. The van der Waals surface area contributed by atoms with E-state index in [1.165, 1.54) is 12.8 Å². The van der Waals surface area contributed by atoms with Crippen LogP contribution in [0, 0.1) is 5.92 Å². The van der Waals surface area contributed by atoms with Gasteiger partial charge in [-0.05, 0) is 49.3 Å². The molecule has 98 valence electrons. The number of carbonyl (C=O) groups is 1. The first-order chi connectivity index (χ1) is 8.63. The first kappa shape index (κ1) is 12.9. The molecule has 3 nitrogen and oxygen atoms in total. The molecule has 3 heteroatoms. The molecule has 18 heavy (non-hydrogen) atoms. The van der Waals surface area contributed by atoms with Gasteiger partial charge < -0.3 is 10.4 Å². The van der Waals surface area contributed by atoms with E-state index < -0.39 is 0 Å². The van der Waals surface area contributed by atoms with Gasteiger partial charge in [0, 0.05) is 6.04 Å². The maximum absolute atomic E-state index is 11.9. The van der Waals surface area contributed by atoms with Crippen molar-refractivity contribution < 1.29 is 9.90 Å². The second-order valence-corrected chi connectivity index (χ2v) is 5.37. The number of benzene rings is 1. The monoisotopic (exact) mass is 247 g/mol. The van der Waals surface area contributed by atoms with Crippen molar-refractivity contribution in [3.8, 4) is 5.75 Å². The lowest BCUT2D eigenvalue weighted by Crippen LogP contribution is -2.38. The van der Waals surface area contributed by atoms with Gasteiger partial charge in [-0.15, -0.1) is 0 Å². The van der Waals surface area contributed by atoms with Crippen LogP contribution in [0.15, 0.2) is 24.3 Å². The maximum atomic E-state index is 11.9. The van der Waals surface area contributed by atoms with Crippen molar-refractivity contribution in [1.29, 1.82) is 0 Å². The number of phenolic OH excluding ortho intramolecular Hbond substituents is 1. The summed E-state index contributed by atoms with van der Waals surface area (Å²) in [7, 11) is 0. The molecular weight excluding hydrogens is 226 g/mol. The predicted molar refractivity (Wildman–Crippen MR) is 71.4 cm³/mol. The molecule has 0 atom stereocenters. The van der Waals surface area contributed by atoms with Crippen LogP contribution in [0.2, 0.25) is 0 Å². The average Bonchev–Trinajstić information content (AvgIpc) is 2.32. The quantitative estimate of drug-likeness (QED) is 0.862. The Balaban J connectivity index is 1.82. The standard InChI is InChI=1S/C15H21NO2/c1-11-5-7-13(8-6-11)16-15(18)10-12-3-2-4-14(17)9-12/h2-4,9,11,13,17H,5-8,10H2,1H3,(H,16,18). The minimum absolute atomic E-state index is 0.0557. The fraction of sp³-hybridized carbons (Fsp3) is 0.533. The fourth-order valence-electron chi connectivity index (χ4n) is 2.53. The van der Waals surface area contributed by atoms with Crippen molar-refractivity contribution >= 4 is 5.91 Å². The third-order valence-electron chi connectivity index (χ3n) is 3.66. The minimum Gasteiger partial charge on any atom is -0.508 e. The van der Waals surface area contributed by atoms with Gasteiger partial charge in [0.1, 0.15) is 5.75 Å². The van der Waals surface area contributed by atoms with Gasteiger partial charge in [-0.3, -0.25) is 4.79 Å². The Hall–Kier alpha value is -1.51. The van der Waals surface area contributed by atoms with Gasteiger partial charge >= 0.3 is 0 Å². The molecule has 0 aromatic heterocycles. The van der Waals surface area contributed by atoms with E-state index in [4.69, 9.17) is 0 Å². The summed E-state index contributed by atoms with van der Waals surface area (Å²) in [6.07, 6.45) is 4.94. The van der Waals surface area contributed by atoms with E-state index in [0.717, 1.165) is 24.3 Å². The third-order valence-corrected chi connectivity index (χ3v) is 3.66. The first-order valence-corrected chi connectivity index (χ1v) is 6.71. The van der Waals surface area contributed by atoms with E-state index in [1.807, 2.05) is 6.07 Å². The topological polar surface area (TPSA) is 49.3 Å². The maximum Gasteiger partial charge on any atom is 0.224 e. The molecule has 0 spiro atoms. The molecule has 0 unspecified atom stereocenters. The van der Waals surface area contributed by atoms with Gasteiger partial charge in [-0.25, -0.2) is 0 Å². The highest BCUT2D eigenvalue weighted by Crippen LogP contribution is 2.23. The average molecular weight is 247 g/mol. The largest absolute Gasteiger partial charge is 0.508 e. The molecule has 1 aliphatic rings. The van der Waals surface area contributed by atoms with Crippen molar-refractivity contribution in [3.63, 3.8) is 0 Å². The lowest BCUT2D eigenvalue weighted by molar-refractivity contribution is -0.121. The second kappa shape index (κ2) is 5.89. The molecule has 1 aromatic rings. The Labute approximate surface area is 108 Å². The Bertz CT molecular complexity index is 409. The summed E-state index contributed by atoms with van der Waals surface area (Å²) in [6.45, 7) is 2.27. The molecule has 1 aliphatic carbocycles. The van der Waals surface area contributed by atoms with E-state index in [0.29, 0.717) is 12.5 Å². The van der Waals surface area contributed by atoms with Gasteiger partial charge in [-0.2, -0.15) is 0 Å². The first-order valence-electron chi connectivity index (χ1n) is 6.71. The lowest BCUT2D eigenvalue weighted by atomic mass is 9.87. The van der Waals surface area contributed by atoms with Gasteiger partial charge in [0.2, 0.25) is 5.91 Å². The molecule has 1 fully saturated rings. The van der Waals surface area contributed by atoms with Crippen molar-refractivity contribution in [2.75, 3.05) is 0 Å². The van der Waals surface area contributed by atoms with Crippen LogP contribution in [0.4, 0.5) is 0 Å². The molecular formula is C15H21NO2. The molecule has 2 rings (SSSR count). The molecule has 1 saturated carbocycles. The van der Waals surface area contributed by atoms with Crippen molar-refractivity contribution in [2.24, 2.45) is 5.92 Å². The number of rotatable bonds is 3. The summed E-state index contributed by atoms with van der Waals surface area (Å²) in [4.78, 5) is 11.9. The van der Waals surface area contributed by atoms with Gasteiger partial charge in [0.15, 0.2) is 0 Å². The van der Waals surface area contributed by atoms with Gasteiger partial charge in [0.05, 0.1) is 6.42 Å². The van der Waals surface area contributed by atoms with Crippen LogP contribution in [0.25, 0.3) is 0 Å². The van der Waals surface area contributed by atoms with Crippen LogP contribution >= 0.6 is 0 Å². The molecule has 0 bridgehead atoms. The number of carbonyl (C=O) groups excluding carboxylic acids is 1. The Morgan fingerprint density at radius 3 is 2.72 bits per heavy atom. The molecule has 0 radical (unpaired) electrons. The minimum atomic E-state index is 0.0557. The highest BCUT2D eigenvalue weighted by molar-refractivity contribution is 5.78. The zero-order valence-electron chi connectivity index (χ0n) is 10.9. The smallest absolute Gasteiger partial charge is 0.224 e. The summed E-state index contributed by atoms with van der Waals surface area (Å²) in [6, 6.07) is 7.22. The fourth-order valence-corrected chi connectivity index (χ4v) is 2.53. The number of aromatic hydroxyl groups is 1. The number of hydrogen-bond donors (Lipinski definition) is 2. The normalized spacial score (nSPS) is 23.6. The molecule has 1 amide bonds. The van der Waals surface area contributed by atoms with E-state index in [-0.39, 0.29) is 11.7 Å². The lowest BCUT2D eigenvalue weighted by Gasteiger charge is -2.26. The van der Waals surface area contributed by atoms with Crippen LogP contribution in [0.1, 0.15) is 38.2 Å². The molecule has 2 N–H and O–H groups in total. The van der Waals surface area contributed by atoms with E-state index >= 15 is 0 Å². The van der Waals surface area contributed by atoms with Gasteiger partial charge in [0.25, 0.3) is 0 Å². The molecule has 0 heterocycles. The van der Waals surface area contributed by atoms with Gasteiger partial charge in [-0.1, -0.05) is 19.1 Å². The summed E-state index contributed by atoms with van der Waals surface area (Å²) in [5, 5.41) is 12.4. The van der Waals surface area contributed by atoms with Crippen LogP contribution in [0.3, 0.4) is 0 Å². The molecule has 0 saturated heterocycles. The highest BCUT2D eigenvalue weighted by Gasteiger charge is 2.19.